The van der Waals surface area contributed by atoms with Gasteiger partial charge < -0.3 is 0 Å². The van der Waals surface area contributed by atoms with Gasteiger partial charge >= 0.3 is 0 Å². The fraction of sp³-hybridized carbons (Fsp3) is 0.391. The molecule has 0 aromatic heterocycles. The molecule has 2 aliphatic rings. The van der Waals surface area contributed by atoms with Crippen LogP contribution in [-0.2, 0) is 12.8 Å². The van der Waals surface area contributed by atoms with E-state index in [-0.39, 0.29) is 0 Å². The number of rotatable bonds is 8. The highest BCUT2D eigenvalue weighted by Gasteiger charge is 2.42. The van der Waals surface area contributed by atoms with Crippen LogP contribution in [0.25, 0.3) is 32.6 Å². The Balaban J connectivity index is 1.55. The van der Waals surface area contributed by atoms with Crippen LogP contribution in [-0.4, -0.2) is 8.07 Å². The Morgan fingerprint density at radius 3 is 1.09 bits per heavy atom. The summed E-state index contributed by atoms with van der Waals surface area (Å²) >= 11 is 0. The SMILES string of the molecule is CC1=C([Si](C)(C)C2=C(C)Cc3cccc(-c4cc(C(C)C)cc(C(C)C)c4)c32)c2c(cccc2-c2cc(C(C)C)cc(C(C)C)c2)C1. The van der Waals surface area contributed by atoms with Crippen LogP contribution in [0.2, 0.25) is 13.1 Å². The Morgan fingerprint density at radius 1 is 0.468 bits per heavy atom. The molecule has 0 saturated carbocycles. The van der Waals surface area contributed by atoms with Crippen molar-refractivity contribution in [3.8, 4) is 22.3 Å². The highest BCUT2D eigenvalue weighted by atomic mass is 28.3. The molecule has 0 atom stereocenters. The fourth-order valence-corrected chi connectivity index (χ4v) is 13.0. The standard InChI is InChI=1S/C46H56Si/c1-27(2)35-21-36(28(3)4)24-39(23-35)41-17-13-15-33-19-31(9)45(43(33)41)47(11,12)46-32(10)20-34-16-14-18-42(44(34)46)40-25-37(29(5)6)22-38(26-40)30(7)8/h13-18,21-30H,19-20H2,1-12H3. The van der Waals surface area contributed by atoms with E-state index in [0.29, 0.717) is 23.7 Å². The summed E-state index contributed by atoms with van der Waals surface area (Å²) in [5.74, 6) is 1.99. The lowest BCUT2D eigenvalue weighted by Gasteiger charge is -2.32. The smallest absolute Gasteiger partial charge is 0.0686 e. The van der Waals surface area contributed by atoms with Crippen LogP contribution in [0.4, 0.5) is 0 Å². The number of benzene rings is 4. The van der Waals surface area contributed by atoms with Crippen molar-refractivity contribution >= 4 is 18.5 Å². The lowest BCUT2D eigenvalue weighted by molar-refractivity contribution is 0.834. The van der Waals surface area contributed by atoms with Crippen molar-refractivity contribution in [3.05, 3.63) is 128 Å². The molecule has 47 heavy (non-hydrogen) atoms. The Hall–Kier alpha value is -3.42. The minimum Gasteiger partial charge on any atom is -0.0686 e. The van der Waals surface area contributed by atoms with E-state index in [1.807, 2.05) is 0 Å². The summed E-state index contributed by atoms with van der Waals surface area (Å²) in [5.41, 5.74) is 20.6. The topological polar surface area (TPSA) is 0 Å². The van der Waals surface area contributed by atoms with E-state index in [9.17, 15) is 0 Å². The van der Waals surface area contributed by atoms with Gasteiger partial charge in [0.15, 0.2) is 0 Å². The number of hydrogen-bond acceptors (Lipinski definition) is 0. The molecule has 0 nitrogen and oxygen atoms in total. The first-order valence-electron chi connectivity index (χ1n) is 18.1. The van der Waals surface area contributed by atoms with Gasteiger partial charge in [0, 0.05) is 0 Å². The molecule has 2 aliphatic carbocycles. The Kier molecular flexibility index (Phi) is 8.94. The number of hydrogen-bond donors (Lipinski definition) is 0. The quantitative estimate of drug-likeness (QED) is 0.169. The van der Waals surface area contributed by atoms with Crippen molar-refractivity contribution in [2.45, 2.75) is 119 Å². The molecule has 0 spiro atoms. The molecule has 0 N–H and O–H groups in total. The summed E-state index contributed by atoms with van der Waals surface area (Å²) in [5, 5.41) is 3.33. The van der Waals surface area contributed by atoms with Crippen molar-refractivity contribution < 1.29 is 0 Å². The summed E-state index contributed by atoms with van der Waals surface area (Å²) in [7, 11) is -2.18. The van der Waals surface area contributed by atoms with Crippen molar-refractivity contribution in [1.29, 1.82) is 0 Å². The van der Waals surface area contributed by atoms with Gasteiger partial charge in [-0.1, -0.05) is 152 Å². The van der Waals surface area contributed by atoms with E-state index in [4.69, 9.17) is 0 Å². The summed E-state index contributed by atoms with van der Waals surface area (Å²) in [4.78, 5) is 0. The third-order valence-electron chi connectivity index (χ3n) is 11.1. The van der Waals surface area contributed by atoms with Crippen molar-refractivity contribution in [3.63, 3.8) is 0 Å². The van der Waals surface area contributed by atoms with E-state index >= 15 is 0 Å². The van der Waals surface area contributed by atoms with E-state index < -0.39 is 8.07 Å². The minimum atomic E-state index is -2.18. The van der Waals surface area contributed by atoms with Crippen molar-refractivity contribution in [1.82, 2.24) is 0 Å². The highest BCUT2D eigenvalue weighted by molar-refractivity contribution is 7.09. The Bertz CT molecular complexity index is 1730. The average Bonchev–Trinajstić information content (AvgIpc) is 3.56. The molecule has 0 saturated heterocycles. The fourth-order valence-electron chi connectivity index (χ4n) is 8.56. The van der Waals surface area contributed by atoms with Gasteiger partial charge in [0.25, 0.3) is 0 Å². The zero-order chi connectivity index (χ0) is 33.9. The van der Waals surface area contributed by atoms with Gasteiger partial charge in [-0.3, -0.25) is 0 Å². The van der Waals surface area contributed by atoms with Crippen molar-refractivity contribution in [2.75, 3.05) is 0 Å². The van der Waals surface area contributed by atoms with Crippen molar-refractivity contribution in [2.24, 2.45) is 0 Å². The van der Waals surface area contributed by atoms with Gasteiger partial charge in [-0.25, -0.2) is 0 Å². The lowest BCUT2D eigenvalue weighted by atomic mass is 9.89. The monoisotopic (exact) mass is 636 g/mol. The lowest BCUT2D eigenvalue weighted by Crippen LogP contribution is -2.31. The molecule has 0 amide bonds. The van der Waals surface area contributed by atoms with Gasteiger partial charge in [-0.05, 0) is 128 Å². The molecular formula is C46H56Si. The van der Waals surface area contributed by atoms with Crippen LogP contribution < -0.4 is 0 Å². The van der Waals surface area contributed by atoms with Crippen LogP contribution in [0.5, 0.6) is 0 Å². The molecule has 4 aromatic rings. The van der Waals surface area contributed by atoms with Crippen LogP contribution in [0.15, 0.2) is 83.9 Å². The van der Waals surface area contributed by atoms with Gasteiger partial charge in [0.05, 0.1) is 0 Å². The molecular weight excluding hydrogens is 581 g/mol. The Morgan fingerprint density at radius 2 is 0.787 bits per heavy atom. The second-order valence-corrected chi connectivity index (χ2v) is 20.6. The molecule has 4 aromatic carbocycles. The van der Waals surface area contributed by atoms with E-state index in [1.54, 1.807) is 21.5 Å². The van der Waals surface area contributed by atoms with E-state index in [0.717, 1.165) is 12.8 Å². The summed E-state index contributed by atoms with van der Waals surface area (Å²) in [6.07, 6.45) is 2.12. The molecule has 0 bridgehead atoms. The molecule has 1 heteroatoms. The zero-order valence-electron chi connectivity index (χ0n) is 31.2. The molecule has 0 fully saturated rings. The van der Waals surface area contributed by atoms with Gasteiger partial charge in [0.2, 0.25) is 0 Å². The maximum atomic E-state index is 2.65. The maximum absolute atomic E-state index is 2.65. The molecule has 0 unspecified atom stereocenters. The maximum Gasteiger partial charge on any atom is 0.113 e. The molecule has 6 rings (SSSR count). The second-order valence-electron chi connectivity index (χ2n) is 16.4. The van der Waals surface area contributed by atoms with Crippen LogP contribution in [0.1, 0.15) is 137 Å². The highest BCUT2D eigenvalue weighted by Crippen LogP contribution is 2.53. The second kappa shape index (κ2) is 12.6. The minimum absolute atomic E-state index is 0.499. The largest absolute Gasteiger partial charge is 0.113 e. The molecule has 0 aliphatic heterocycles. The van der Waals surface area contributed by atoms with E-state index in [1.165, 1.54) is 66.8 Å². The summed E-state index contributed by atoms with van der Waals surface area (Å²) in [6.45, 7) is 28.8. The third-order valence-corrected chi connectivity index (χ3v) is 14.9. The predicted octanol–water partition coefficient (Wildman–Crippen LogP) is 13.7. The first-order chi connectivity index (χ1) is 22.2. The predicted molar refractivity (Wildman–Crippen MR) is 210 cm³/mol. The van der Waals surface area contributed by atoms with Gasteiger partial charge in [-0.15, -0.1) is 0 Å². The zero-order valence-corrected chi connectivity index (χ0v) is 32.2. The molecule has 0 radical (unpaired) electrons. The summed E-state index contributed by atoms with van der Waals surface area (Å²) in [6, 6.07) is 29.0. The average molecular weight is 637 g/mol. The molecule has 244 valence electrons. The normalized spacial score (nSPS) is 14.8. The molecule has 0 heterocycles. The van der Waals surface area contributed by atoms with E-state index in [2.05, 4.69) is 155 Å². The van der Waals surface area contributed by atoms with Gasteiger partial charge in [-0.2, -0.15) is 0 Å². The Labute approximate surface area is 287 Å². The first kappa shape index (κ1) is 33.5. The number of allylic oxidation sites excluding steroid dienone is 2. The van der Waals surface area contributed by atoms with Crippen LogP contribution >= 0.6 is 0 Å². The first-order valence-corrected chi connectivity index (χ1v) is 21.1. The van der Waals surface area contributed by atoms with Gasteiger partial charge in [0.1, 0.15) is 8.07 Å². The summed E-state index contributed by atoms with van der Waals surface area (Å²) < 4.78 is 0. The third kappa shape index (κ3) is 5.95. The number of fused-ring (bicyclic) bond motifs is 2. The van der Waals surface area contributed by atoms with Crippen LogP contribution in [0.3, 0.4) is 0 Å². The van der Waals surface area contributed by atoms with Crippen LogP contribution in [0, 0.1) is 0 Å².